The monoisotopic (exact) mass is 489 g/mol. The number of alkyl halides is 3. The van der Waals surface area contributed by atoms with Gasteiger partial charge in [-0.15, -0.1) is 0 Å². The summed E-state index contributed by atoms with van der Waals surface area (Å²) in [5.74, 6) is 0.157. The maximum atomic E-state index is 13.1. The molecule has 2 aliphatic heterocycles. The Balaban J connectivity index is 1.39. The highest BCUT2D eigenvalue weighted by Gasteiger charge is 2.35. The Morgan fingerprint density at radius 1 is 1.00 bits per heavy atom. The van der Waals surface area contributed by atoms with Crippen LogP contribution in [-0.2, 0) is 22.3 Å². The number of carbonyl (C=O) groups is 1. The van der Waals surface area contributed by atoms with E-state index in [-0.39, 0.29) is 5.97 Å². The molecule has 2 saturated heterocycles. The molecule has 0 saturated carbocycles. The van der Waals surface area contributed by atoms with Crippen LogP contribution in [0.15, 0.2) is 54.6 Å². The quantitative estimate of drug-likeness (QED) is 0.529. The number of benzene rings is 2. The summed E-state index contributed by atoms with van der Waals surface area (Å²) in [5, 5.41) is 0. The minimum absolute atomic E-state index is 0.182. The van der Waals surface area contributed by atoms with Crippen LogP contribution in [0, 0.1) is 5.92 Å². The number of nitrogens with zero attached hydrogens (tertiary/aromatic N) is 3. The molecule has 2 aliphatic rings. The van der Waals surface area contributed by atoms with Gasteiger partial charge in [0.1, 0.15) is 0 Å². The van der Waals surface area contributed by atoms with Crippen molar-refractivity contribution in [1.82, 2.24) is 9.80 Å². The maximum absolute atomic E-state index is 13.1. The van der Waals surface area contributed by atoms with E-state index in [1.54, 1.807) is 6.07 Å². The molecule has 2 aromatic carbocycles. The smallest absolute Gasteiger partial charge is 0.416 e. The predicted octanol–water partition coefficient (Wildman–Crippen LogP) is 4.67. The first-order valence-corrected chi connectivity index (χ1v) is 12.3. The number of hydrogen-bond acceptors (Lipinski definition) is 5. The SMILES string of the molecule is COC(=O)CC[C@@H]1CN(Cc2ccccc2)CC[C@@H]1N1CCN(c2cccc(C(F)(F)F)c2)CC1. The Morgan fingerprint density at radius 3 is 2.43 bits per heavy atom. The van der Waals surface area contributed by atoms with Crippen molar-refractivity contribution in [2.75, 3.05) is 51.3 Å². The lowest BCUT2D eigenvalue weighted by Crippen LogP contribution is -2.56. The molecule has 35 heavy (non-hydrogen) atoms. The fourth-order valence-corrected chi connectivity index (χ4v) is 5.44. The summed E-state index contributed by atoms with van der Waals surface area (Å²) in [6, 6.07) is 16.4. The van der Waals surface area contributed by atoms with Crippen molar-refractivity contribution in [3.05, 3.63) is 65.7 Å². The number of anilines is 1. The molecule has 8 heteroatoms. The molecule has 5 nitrogen and oxygen atoms in total. The average molecular weight is 490 g/mol. The topological polar surface area (TPSA) is 36.0 Å². The lowest BCUT2D eigenvalue weighted by molar-refractivity contribution is -0.141. The largest absolute Gasteiger partial charge is 0.469 e. The van der Waals surface area contributed by atoms with Crippen molar-refractivity contribution in [1.29, 1.82) is 0 Å². The molecule has 2 fully saturated rings. The normalized spacial score (nSPS) is 22.2. The van der Waals surface area contributed by atoms with Crippen LogP contribution in [0.2, 0.25) is 0 Å². The Morgan fingerprint density at radius 2 is 1.74 bits per heavy atom. The number of carbonyl (C=O) groups excluding carboxylic acids is 1. The zero-order chi connectivity index (χ0) is 24.8. The van der Waals surface area contributed by atoms with E-state index >= 15 is 0 Å². The van der Waals surface area contributed by atoms with Gasteiger partial charge in [0.25, 0.3) is 0 Å². The van der Waals surface area contributed by atoms with Gasteiger partial charge in [-0.1, -0.05) is 36.4 Å². The molecule has 0 aromatic heterocycles. The Labute approximate surface area is 205 Å². The van der Waals surface area contributed by atoms with Gasteiger partial charge in [-0.2, -0.15) is 13.2 Å². The summed E-state index contributed by atoms with van der Waals surface area (Å²) in [5.41, 5.74) is 1.30. The number of piperidine rings is 1. The number of halogens is 3. The molecule has 0 radical (unpaired) electrons. The first-order valence-electron chi connectivity index (χ1n) is 12.3. The zero-order valence-corrected chi connectivity index (χ0v) is 20.2. The Kier molecular flexibility index (Phi) is 8.34. The number of ether oxygens (including phenoxy) is 1. The third kappa shape index (κ3) is 6.76. The molecule has 2 heterocycles. The van der Waals surface area contributed by atoms with Crippen LogP contribution in [0.4, 0.5) is 18.9 Å². The highest BCUT2D eigenvalue weighted by molar-refractivity contribution is 5.69. The highest BCUT2D eigenvalue weighted by Crippen LogP contribution is 2.33. The van der Waals surface area contributed by atoms with Gasteiger partial charge < -0.3 is 9.64 Å². The van der Waals surface area contributed by atoms with E-state index in [1.165, 1.54) is 24.8 Å². The van der Waals surface area contributed by atoms with E-state index in [0.29, 0.717) is 37.2 Å². The van der Waals surface area contributed by atoms with Crippen LogP contribution >= 0.6 is 0 Å². The molecule has 0 N–H and O–H groups in total. The van der Waals surface area contributed by atoms with Gasteiger partial charge in [0, 0.05) is 57.4 Å². The van der Waals surface area contributed by atoms with Crippen molar-refractivity contribution >= 4 is 11.7 Å². The molecular formula is C27H34F3N3O2. The van der Waals surface area contributed by atoms with Gasteiger partial charge in [0.2, 0.25) is 0 Å². The third-order valence-electron chi connectivity index (χ3n) is 7.30. The van der Waals surface area contributed by atoms with Crippen LogP contribution in [0.25, 0.3) is 0 Å². The van der Waals surface area contributed by atoms with Crippen LogP contribution in [0.3, 0.4) is 0 Å². The second-order valence-electron chi connectivity index (χ2n) is 9.52. The third-order valence-corrected chi connectivity index (χ3v) is 7.30. The lowest BCUT2D eigenvalue weighted by Gasteiger charge is -2.47. The molecule has 0 amide bonds. The second-order valence-corrected chi connectivity index (χ2v) is 9.52. The van der Waals surface area contributed by atoms with E-state index in [9.17, 15) is 18.0 Å². The van der Waals surface area contributed by atoms with Crippen LogP contribution < -0.4 is 4.90 Å². The highest BCUT2D eigenvalue weighted by atomic mass is 19.4. The van der Waals surface area contributed by atoms with E-state index in [1.807, 2.05) is 11.0 Å². The summed E-state index contributed by atoms with van der Waals surface area (Å²) in [4.78, 5) is 18.9. The second kappa shape index (κ2) is 11.4. The lowest BCUT2D eigenvalue weighted by atomic mass is 9.86. The first kappa shape index (κ1) is 25.5. The predicted molar refractivity (Wildman–Crippen MR) is 130 cm³/mol. The molecule has 4 rings (SSSR count). The fraction of sp³-hybridized carbons (Fsp3) is 0.519. The van der Waals surface area contributed by atoms with Gasteiger partial charge in [-0.25, -0.2) is 0 Å². The van der Waals surface area contributed by atoms with Crippen molar-refractivity contribution in [3.8, 4) is 0 Å². The summed E-state index contributed by atoms with van der Waals surface area (Å²) >= 11 is 0. The van der Waals surface area contributed by atoms with Crippen molar-refractivity contribution in [3.63, 3.8) is 0 Å². The van der Waals surface area contributed by atoms with Crippen LogP contribution in [0.5, 0.6) is 0 Å². The Hall–Kier alpha value is -2.58. The van der Waals surface area contributed by atoms with Crippen molar-refractivity contribution < 1.29 is 22.7 Å². The molecule has 0 spiro atoms. The number of likely N-dealkylation sites (tertiary alicyclic amines) is 1. The van der Waals surface area contributed by atoms with E-state index in [0.717, 1.165) is 51.6 Å². The number of methoxy groups -OCH3 is 1. The van der Waals surface area contributed by atoms with Crippen molar-refractivity contribution in [2.45, 2.75) is 38.0 Å². The average Bonchev–Trinajstić information content (AvgIpc) is 2.88. The molecule has 2 aromatic rings. The molecule has 0 unspecified atom stereocenters. The molecule has 190 valence electrons. The standard InChI is InChI=1S/C27H34F3N3O2/c1-35-26(34)11-10-22-20-31(19-21-6-3-2-4-7-21)13-12-25(22)33-16-14-32(15-17-33)24-9-5-8-23(18-24)27(28,29)30/h2-9,18,22,25H,10-17,19-20H2,1H3/t22-,25+/m1/s1. The van der Waals surface area contributed by atoms with Crippen molar-refractivity contribution in [2.24, 2.45) is 5.92 Å². The molecular weight excluding hydrogens is 455 g/mol. The number of piperazine rings is 1. The number of rotatable bonds is 7. The zero-order valence-electron chi connectivity index (χ0n) is 20.2. The maximum Gasteiger partial charge on any atom is 0.416 e. The minimum Gasteiger partial charge on any atom is -0.469 e. The van der Waals surface area contributed by atoms with Gasteiger partial charge in [0.15, 0.2) is 0 Å². The van der Waals surface area contributed by atoms with E-state index in [2.05, 4.69) is 34.1 Å². The molecule has 0 aliphatic carbocycles. The van der Waals surface area contributed by atoms with Gasteiger partial charge in [-0.3, -0.25) is 14.6 Å². The van der Waals surface area contributed by atoms with Gasteiger partial charge >= 0.3 is 12.1 Å². The van der Waals surface area contributed by atoms with Gasteiger partial charge in [-0.05, 0) is 49.1 Å². The Bertz CT molecular complexity index is 962. The van der Waals surface area contributed by atoms with Crippen LogP contribution in [0.1, 0.15) is 30.4 Å². The fourth-order valence-electron chi connectivity index (χ4n) is 5.44. The summed E-state index contributed by atoms with van der Waals surface area (Å²) in [6.45, 7) is 5.78. The van der Waals surface area contributed by atoms with E-state index in [4.69, 9.17) is 4.74 Å². The summed E-state index contributed by atoms with van der Waals surface area (Å²) < 4.78 is 44.3. The van der Waals surface area contributed by atoms with E-state index < -0.39 is 11.7 Å². The van der Waals surface area contributed by atoms with Crippen LogP contribution in [-0.4, -0.2) is 68.2 Å². The molecule has 0 bridgehead atoms. The number of hydrogen-bond donors (Lipinski definition) is 0. The summed E-state index contributed by atoms with van der Waals surface area (Å²) in [7, 11) is 1.43. The minimum atomic E-state index is -4.33. The molecule has 2 atom stereocenters. The number of esters is 1. The first-order chi connectivity index (χ1) is 16.8. The van der Waals surface area contributed by atoms with Gasteiger partial charge in [0.05, 0.1) is 12.7 Å². The summed E-state index contributed by atoms with van der Waals surface area (Å²) in [6.07, 6.45) is -2.14.